The van der Waals surface area contributed by atoms with Gasteiger partial charge in [-0.15, -0.1) is 0 Å². The molecule has 1 aliphatic heterocycles. The van der Waals surface area contributed by atoms with E-state index in [1.165, 1.54) is 32.1 Å². The van der Waals surface area contributed by atoms with Crippen molar-refractivity contribution in [3.8, 4) is 11.8 Å². The van der Waals surface area contributed by atoms with Crippen LogP contribution < -0.4 is 0 Å². The first-order chi connectivity index (χ1) is 14.6. The minimum atomic E-state index is -1.29. The molecule has 5 heteroatoms. The van der Waals surface area contributed by atoms with E-state index in [0.717, 1.165) is 25.7 Å². The molecule has 3 rings (SSSR count). The fourth-order valence-corrected chi connectivity index (χ4v) is 7.15. The predicted molar refractivity (Wildman–Crippen MR) is 128 cm³/mol. The van der Waals surface area contributed by atoms with Crippen molar-refractivity contribution in [1.82, 2.24) is 0 Å². The van der Waals surface area contributed by atoms with Crippen molar-refractivity contribution in [2.24, 2.45) is 23.2 Å². The molecule has 0 radical (unpaired) electrons. The van der Waals surface area contributed by atoms with E-state index in [4.69, 9.17) is 13.9 Å². The molecule has 1 saturated heterocycles. The summed E-state index contributed by atoms with van der Waals surface area (Å²) in [6.45, 7) is 14.9. The predicted octanol–water partition coefficient (Wildman–Crippen LogP) is 5.29. The minimum Gasteiger partial charge on any atom is -0.404 e. The smallest absolute Gasteiger partial charge is 0.173 e. The molecule has 2 aliphatic carbocycles. The average molecular weight is 451 g/mol. The van der Waals surface area contributed by atoms with Crippen molar-refractivity contribution < 1.29 is 19.0 Å². The summed E-state index contributed by atoms with van der Waals surface area (Å²) in [4.78, 5) is 0. The highest BCUT2D eigenvalue weighted by Crippen LogP contribution is 2.59. The van der Waals surface area contributed by atoms with Crippen molar-refractivity contribution in [3.63, 3.8) is 0 Å². The van der Waals surface area contributed by atoms with E-state index in [1.54, 1.807) is 0 Å². The van der Waals surface area contributed by atoms with Crippen LogP contribution in [0.3, 0.4) is 0 Å². The molecule has 1 N–H and O–H groups in total. The Kier molecular flexibility index (Phi) is 8.36. The highest BCUT2D eigenvalue weighted by atomic mass is 28.3. The van der Waals surface area contributed by atoms with Gasteiger partial charge in [0.2, 0.25) is 0 Å². The molecule has 3 fully saturated rings. The molecule has 0 aromatic rings. The maximum Gasteiger partial charge on any atom is 0.173 e. The van der Waals surface area contributed by atoms with Crippen LogP contribution in [0, 0.1) is 35.0 Å². The van der Waals surface area contributed by atoms with Crippen LogP contribution in [0.2, 0.25) is 13.1 Å². The second kappa shape index (κ2) is 10.3. The average Bonchev–Trinajstić information content (AvgIpc) is 3.27. The summed E-state index contributed by atoms with van der Waals surface area (Å²) in [5.41, 5.74) is -0.500. The zero-order valence-corrected chi connectivity index (χ0v) is 22.0. The van der Waals surface area contributed by atoms with Gasteiger partial charge in [-0.1, -0.05) is 71.6 Å². The van der Waals surface area contributed by atoms with Gasteiger partial charge in [-0.2, -0.15) is 0 Å². The van der Waals surface area contributed by atoms with E-state index in [-0.39, 0.29) is 29.3 Å². The van der Waals surface area contributed by atoms with Crippen LogP contribution in [0.1, 0.15) is 85.5 Å². The molecule has 1 spiro atoms. The van der Waals surface area contributed by atoms with E-state index in [9.17, 15) is 5.11 Å². The highest BCUT2D eigenvalue weighted by Gasteiger charge is 2.64. The molecule has 5 unspecified atom stereocenters. The quantitative estimate of drug-likeness (QED) is 0.295. The van der Waals surface area contributed by atoms with E-state index < -0.39 is 20.4 Å². The summed E-state index contributed by atoms with van der Waals surface area (Å²) >= 11 is 0. The molecule has 31 heavy (non-hydrogen) atoms. The van der Waals surface area contributed by atoms with Gasteiger partial charge in [0.05, 0.1) is 19.3 Å². The molecule has 178 valence electrons. The Balaban J connectivity index is 1.71. The van der Waals surface area contributed by atoms with Crippen molar-refractivity contribution in [1.29, 1.82) is 0 Å². The van der Waals surface area contributed by atoms with Gasteiger partial charge in [0, 0.05) is 23.7 Å². The summed E-state index contributed by atoms with van der Waals surface area (Å²) in [5, 5.41) is 11.0. The lowest BCUT2D eigenvalue weighted by Gasteiger charge is -2.48. The monoisotopic (exact) mass is 450 g/mol. The van der Waals surface area contributed by atoms with Gasteiger partial charge in [-0.25, -0.2) is 0 Å². The van der Waals surface area contributed by atoms with Gasteiger partial charge in [0.25, 0.3) is 0 Å². The Labute approximate surface area is 192 Å². The number of aliphatic hydroxyl groups excluding tert-OH is 1. The van der Waals surface area contributed by atoms with E-state index >= 15 is 0 Å². The van der Waals surface area contributed by atoms with Gasteiger partial charge in [-0.05, 0) is 38.3 Å². The van der Waals surface area contributed by atoms with Crippen LogP contribution in [0.4, 0.5) is 0 Å². The summed E-state index contributed by atoms with van der Waals surface area (Å²) < 4.78 is 18.6. The third-order valence-corrected chi connectivity index (χ3v) is 8.60. The van der Waals surface area contributed by atoms with Crippen LogP contribution in [-0.2, 0) is 13.9 Å². The maximum atomic E-state index is 11.0. The van der Waals surface area contributed by atoms with Crippen LogP contribution >= 0.6 is 0 Å². The lowest BCUT2D eigenvalue weighted by atomic mass is 9.69. The maximum absolute atomic E-state index is 11.0. The molecule has 1 heterocycles. The van der Waals surface area contributed by atoms with Crippen LogP contribution in [0.5, 0.6) is 0 Å². The molecule has 0 amide bonds. The number of unbranched alkanes of at least 4 members (excludes halogenated alkanes) is 5. The van der Waals surface area contributed by atoms with Gasteiger partial charge < -0.3 is 19.0 Å². The van der Waals surface area contributed by atoms with Crippen molar-refractivity contribution in [3.05, 3.63) is 0 Å². The van der Waals surface area contributed by atoms with Crippen molar-refractivity contribution in [2.45, 2.75) is 116 Å². The standard InChI is InChI=1S/C26H46O4Si/c1-7-8-9-10-11-12-14-25(24(2,3)4,30-31(5)6)15-13-20-18-22-21(23(20)27)19-26(22)28-16-17-29-26/h20-23,27,31H,7-12,14,16-19H2,1-6H3. The zero-order chi connectivity index (χ0) is 22.7. The highest BCUT2D eigenvalue weighted by molar-refractivity contribution is 6.48. The third-order valence-electron chi connectivity index (χ3n) is 7.73. The molecular formula is C26H46O4Si. The molecule has 0 aromatic carbocycles. The first-order valence-corrected chi connectivity index (χ1v) is 15.6. The molecule has 2 saturated carbocycles. The Morgan fingerprint density at radius 3 is 2.32 bits per heavy atom. The summed E-state index contributed by atoms with van der Waals surface area (Å²) in [6.07, 6.45) is 9.92. The number of hydrogen-bond acceptors (Lipinski definition) is 4. The molecule has 0 aromatic heterocycles. The topological polar surface area (TPSA) is 47.9 Å². The molecule has 5 atom stereocenters. The fraction of sp³-hybridized carbons (Fsp3) is 0.923. The molecule has 3 aliphatic rings. The lowest BCUT2D eigenvalue weighted by molar-refractivity contribution is -0.275. The minimum absolute atomic E-state index is 0.00844. The van der Waals surface area contributed by atoms with Gasteiger partial charge in [0.15, 0.2) is 14.8 Å². The summed E-state index contributed by atoms with van der Waals surface area (Å²) in [7, 11) is -1.29. The van der Waals surface area contributed by atoms with Crippen LogP contribution in [0.15, 0.2) is 0 Å². The summed E-state index contributed by atoms with van der Waals surface area (Å²) in [5.74, 6) is 7.30. The van der Waals surface area contributed by atoms with Gasteiger partial charge in [-0.3, -0.25) is 0 Å². The number of hydrogen-bond donors (Lipinski definition) is 1. The number of aliphatic hydroxyl groups is 1. The second-order valence-electron chi connectivity index (χ2n) is 11.3. The lowest BCUT2D eigenvalue weighted by Crippen LogP contribution is -2.54. The van der Waals surface area contributed by atoms with Gasteiger partial charge in [0.1, 0.15) is 5.60 Å². The Hall–Kier alpha value is -0.383. The van der Waals surface area contributed by atoms with E-state index in [1.807, 2.05) is 0 Å². The Morgan fingerprint density at radius 2 is 1.71 bits per heavy atom. The normalized spacial score (nSPS) is 31.2. The zero-order valence-electron chi connectivity index (χ0n) is 20.8. The van der Waals surface area contributed by atoms with Gasteiger partial charge >= 0.3 is 0 Å². The van der Waals surface area contributed by atoms with Crippen molar-refractivity contribution in [2.75, 3.05) is 13.2 Å². The Morgan fingerprint density at radius 1 is 1.06 bits per heavy atom. The molecule has 4 nitrogen and oxygen atoms in total. The number of rotatable bonds is 9. The second-order valence-corrected chi connectivity index (χ2v) is 13.7. The molecular weight excluding hydrogens is 404 g/mol. The molecule has 0 bridgehead atoms. The van der Waals surface area contributed by atoms with E-state index in [2.05, 4.69) is 52.6 Å². The third kappa shape index (κ3) is 5.41. The first-order valence-electron chi connectivity index (χ1n) is 12.8. The summed E-state index contributed by atoms with van der Waals surface area (Å²) in [6, 6.07) is 0. The van der Waals surface area contributed by atoms with Crippen LogP contribution in [-0.4, -0.2) is 44.9 Å². The SMILES string of the molecule is CCCCCCCCC(C#CC1CC2C(CC23OCCO3)C1O)(O[SiH](C)C)C(C)(C)C. The van der Waals surface area contributed by atoms with E-state index in [0.29, 0.717) is 13.2 Å². The largest absolute Gasteiger partial charge is 0.404 e. The van der Waals surface area contributed by atoms with Crippen LogP contribution in [0.25, 0.3) is 0 Å². The number of ether oxygens (including phenoxy) is 2. The fourth-order valence-electron chi connectivity index (χ4n) is 5.82. The Bertz CT molecular complexity index is 640. The van der Waals surface area contributed by atoms with Crippen molar-refractivity contribution >= 4 is 9.04 Å². The first kappa shape index (κ1) is 25.2. The number of fused-ring (bicyclic) bond motifs is 2.